The first-order chi connectivity index (χ1) is 8.11. The van der Waals surface area contributed by atoms with Gasteiger partial charge >= 0.3 is 0 Å². The Kier molecular flexibility index (Phi) is 3.48. The predicted octanol–water partition coefficient (Wildman–Crippen LogP) is 2.89. The van der Waals surface area contributed by atoms with Gasteiger partial charge in [0.15, 0.2) is 0 Å². The lowest BCUT2D eigenvalue weighted by Crippen LogP contribution is -2.20. The number of rotatable bonds is 4. The summed E-state index contributed by atoms with van der Waals surface area (Å²) in [7, 11) is 0. The lowest BCUT2D eigenvalue weighted by atomic mass is 10.1. The van der Waals surface area contributed by atoms with Gasteiger partial charge in [0.05, 0.1) is 11.0 Å². The number of fused-ring (bicyclic) bond motifs is 1. The van der Waals surface area contributed by atoms with Gasteiger partial charge in [-0.15, -0.1) is 0 Å². The number of H-pyrrole nitrogens is 1. The Labute approximate surface area is 103 Å². The molecule has 0 fully saturated rings. The second-order valence-corrected chi connectivity index (χ2v) is 4.81. The third-order valence-electron chi connectivity index (χ3n) is 3.11. The minimum atomic E-state index is 0.419. The van der Waals surface area contributed by atoms with E-state index in [-0.39, 0.29) is 0 Å². The average molecular weight is 231 g/mol. The van der Waals surface area contributed by atoms with Crippen molar-refractivity contribution in [3.05, 3.63) is 29.1 Å². The van der Waals surface area contributed by atoms with Gasteiger partial charge in [0.1, 0.15) is 5.82 Å². The highest BCUT2D eigenvalue weighted by Gasteiger charge is 2.11. The highest BCUT2D eigenvalue weighted by molar-refractivity contribution is 5.79. The molecular formula is C14H21N3. The Morgan fingerprint density at radius 2 is 2.12 bits per heavy atom. The van der Waals surface area contributed by atoms with E-state index >= 15 is 0 Å². The van der Waals surface area contributed by atoms with Crippen molar-refractivity contribution >= 4 is 11.0 Å². The van der Waals surface area contributed by atoms with Crippen LogP contribution in [-0.4, -0.2) is 23.1 Å². The predicted molar refractivity (Wildman–Crippen MR) is 72.5 cm³/mol. The first-order valence-corrected chi connectivity index (χ1v) is 6.29. The van der Waals surface area contributed by atoms with Gasteiger partial charge in [-0.05, 0) is 37.6 Å². The molecule has 1 atom stereocenters. The molecule has 0 aliphatic rings. The largest absolute Gasteiger partial charge is 0.342 e. The van der Waals surface area contributed by atoms with Gasteiger partial charge in [0.2, 0.25) is 0 Å². The molecule has 0 aliphatic heterocycles. The molecule has 92 valence electrons. The summed E-state index contributed by atoms with van der Waals surface area (Å²) < 4.78 is 0. The zero-order chi connectivity index (χ0) is 12.4. The van der Waals surface area contributed by atoms with E-state index in [2.05, 4.69) is 50.1 Å². The smallest absolute Gasteiger partial charge is 0.111 e. The van der Waals surface area contributed by atoms with Crippen molar-refractivity contribution in [1.29, 1.82) is 0 Å². The van der Waals surface area contributed by atoms with Gasteiger partial charge in [-0.2, -0.15) is 0 Å². The fraction of sp³-hybridized carbons (Fsp3) is 0.500. The van der Waals surface area contributed by atoms with Gasteiger partial charge < -0.3 is 10.3 Å². The molecular weight excluding hydrogens is 210 g/mol. The maximum Gasteiger partial charge on any atom is 0.111 e. The van der Waals surface area contributed by atoms with Gasteiger partial charge in [-0.3, -0.25) is 0 Å². The van der Waals surface area contributed by atoms with Crippen LogP contribution in [0.3, 0.4) is 0 Å². The summed E-state index contributed by atoms with van der Waals surface area (Å²) in [4.78, 5) is 8.15. The number of hydrogen-bond acceptors (Lipinski definition) is 2. The summed E-state index contributed by atoms with van der Waals surface area (Å²) in [5, 5.41) is 3.36. The molecule has 0 saturated heterocycles. The van der Waals surface area contributed by atoms with E-state index in [0.29, 0.717) is 5.92 Å². The summed E-state index contributed by atoms with van der Waals surface area (Å²) in [6.07, 6.45) is 0. The fourth-order valence-electron chi connectivity index (χ4n) is 2.18. The number of nitrogens with one attached hydrogen (secondary N) is 2. The van der Waals surface area contributed by atoms with Gasteiger partial charge in [0, 0.05) is 12.5 Å². The van der Waals surface area contributed by atoms with Crippen LogP contribution in [0.5, 0.6) is 0 Å². The zero-order valence-corrected chi connectivity index (χ0v) is 11.1. The number of likely N-dealkylation sites (N-methyl/N-ethyl adjacent to an activating group) is 1. The topological polar surface area (TPSA) is 40.7 Å². The Balaban J connectivity index is 2.34. The molecule has 0 aliphatic carbocycles. The molecule has 0 bridgehead atoms. The Hall–Kier alpha value is -1.35. The van der Waals surface area contributed by atoms with E-state index in [0.717, 1.165) is 29.9 Å². The second-order valence-electron chi connectivity index (χ2n) is 4.81. The van der Waals surface area contributed by atoms with Gasteiger partial charge in [-0.1, -0.05) is 19.9 Å². The molecule has 1 aromatic carbocycles. The third-order valence-corrected chi connectivity index (χ3v) is 3.11. The summed E-state index contributed by atoms with van der Waals surface area (Å²) in [6.45, 7) is 10.5. The van der Waals surface area contributed by atoms with Crippen molar-refractivity contribution in [3.8, 4) is 0 Å². The van der Waals surface area contributed by atoms with E-state index in [1.54, 1.807) is 0 Å². The monoisotopic (exact) mass is 231 g/mol. The quantitative estimate of drug-likeness (QED) is 0.849. The molecule has 3 nitrogen and oxygen atoms in total. The minimum absolute atomic E-state index is 0.419. The average Bonchev–Trinajstić information content (AvgIpc) is 2.69. The number of imidazole rings is 1. The van der Waals surface area contributed by atoms with E-state index in [9.17, 15) is 0 Å². The van der Waals surface area contributed by atoms with Crippen molar-refractivity contribution in [1.82, 2.24) is 15.3 Å². The molecule has 1 heterocycles. The molecule has 0 spiro atoms. The fourth-order valence-corrected chi connectivity index (χ4v) is 2.18. The van der Waals surface area contributed by atoms with Gasteiger partial charge in [0.25, 0.3) is 0 Å². The number of nitrogens with zero attached hydrogens (tertiary/aromatic N) is 1. The molecule has 1 unspecified atom stereocenters. The maximum atomic E-state index is 4.71. The van der Waals surface area contributed by atoms with Crippen LogP contribution in [0.2, 0.25) is 0 Å². The first kappa shape index (κ1) is 12.1. The summed E-state index contributed by atoms with van der Waals surface area (Å²) in [5.41, 5.74) is 4.79. The van der Waals surface area contributed by atoms with Crippen molar-refractivity contribution < 1.29 is 0 Å². The Bertz CT molecular complexity index is 513. The van der Waals surface area contributed by atoms with E-state index in [1.807, 2.05) is 0 Å². The van der Waals surface area contributed by atoms with Crippen molar-refractivity contribution in [2.75, 3.05) is 13.1 Å². The van der Waals surface area contributed by atoms with Crippen LogP contribution in [0.1, 0.15) is 36.7 Å². The third kappa shape index (κ3) is 2.50. The van der Waals surface area contributed by atoms with Crippen molar-refractivity contribution in [2.24, 2.45) is 0 Å². The molecule has 2 N–H and O–H groups in total. The van der Waals surface area contributed by atoms with Crippen LogP contribution in [-0.2, 0) is 0 Å². The van der Waals surface area contributed by atoms with Crippen LogP contribution < -0.4 is 5.32 Å². The Morgan fingerprint density at radius 1 is 1.35 bits per heavy atom. The van der Waals surface area contributed by atoms with E-state index in [4.69, 9.17) is 4.98 Å². The van der Waals surface area contributed by atoms with E-state index in [1.165, 1.54) is 11.1 Å². The van der Waals surface area contributed by atoms with Gasteiger partial charge in [-0.25, -0.2) is 4.98 Å². The minimum Gasteiger partial charge on any atom is -0.342 e. The van der Waals surface area contributed by atoms with Crippen molar-refractivity contribution in [3.63, 3.8) is 0 Å². The van der Waals surface area contributed by atoms with Crippen LogP contribution in [0, 0.1) is 13.8 Å². The maximum absolute atomic E-state index is 4.71. The van der Waals surface area contributed by atoms with Crippen LogP contribution in [0.15, 0.2) is 12.1 Å². The zero-order valence-electron chi connectivity index (χ0n) is 11.1. The molecule has 0 saturated carbocycles. The van der Waals surface area contributed by atoms with E-state index < -0.39 is 0 Å². The number of aromatic amines is 1. The lowest BCUT2D eigenvalue weighted by molar-refractivity contribution is 0.614. The summed E-state index contributed by atoms with van der Waals surface area (Å²) in [6, 6.07) is 4.35. The molecule has 3 heteroatoms. The molecule has 0 radical (unpaired) electrons. The molecule has 1 aromatic heterocycles. The SMILES string of the molecule is CCNCC(C)c1nc2c(C)cc(C)cc2[nH]1. The molecule has 2 rings (SSSR count). The van der Waals surface area contributed by atoms with Crippen LogP contribution in [0.25, 0.3) is 11.0 Å². The second kappa shape index (κ2) is 4.88. The lowest BCUT2D eigenvalue weighted by Gasteiger charge is -2.07. The highest BCUT2D eigenvalue weighted by atomic mass is 14.9. The molecule has 0 amide bonds. The molecule has 17 heavy (non-hydrogen) atoms. The highest BCUT2D eigenvalue weighted by Crippen LogP contribution is 2.21. The number of aryl methyl sites for hydroxylation is 2. The number of hydrogen-bond donors (Lipinski definition) is 2. The Morgan fingerprint density at radius 3 is 2.82 bits per heavy atom. The number of aromatic nitrogens is 2. The van der Waals surface area contributed by atoms with Crippen LogP contribution >= 0.6 is 0 Å². The van der Waals surface area contributed by atoms with Crippen molar-refractivity contribution in [2.45, 2.75) is 33.6 Å². The van der Waals surface area contributed by atoms with Crippen LogP contribution in [0.4, 0.5) is 0 Å². The summed E-state index contributed by atoms with van der Waals surface area (Å²) >= 11 is 0. The number of benzene rings is 1. The summed E-state index contributed by atoms with van der Waals surface area (Å²) in [5.74, 6) is 1.50. The normalized spacial score (nSPS) is 13.2. The molecule has 2 aromatic rings. The standard InChI is InChI=1S/C14H21N3/c1-5-15-8-11(4)14-16-12-7-9(2)6-10(3)13(12)17-14/h6-7,11,15H,5,8H2,1-4H3,(H,16,17). The first-order valence-electron chi connectivity index (χ1n) is 6.29.